The lowest BCUT2D eigenvalue weighted by molar-refractivity contribution is -0.158. The number of nitriles is 1. The fourth-order valence-electron chi connectivity index (χ4n) is 5.65. The third-order valence-corrected chi connectivity index (χ3v) is 7.58. The predicted molar refractivity (Wildman–Crippen MR) is 116 cm³/mol. The van der Waals surface area contributed by atoms with Crippen molar-refractivity contribution in [3.8, 4) is 6.07 Å². The van der Waals surface area contributed by atoms with Gasteiger partial charge in [-0.15, -0.1) is 0 Å². The molecule has 0 aromatic rings. The maximum Gasteiger partial charge on any atom is 0.309 e. The van der Waals surface area contributed by atoms with Crippen molar-refractivity contribution >= 4 is 11.9 Å². The Labute approximate surface area is 187 Å². The van der Waals surface area contributed by atoms with Crippen molar-refractivity contribution in [1.82, 2.24) is 0 Å². The lowest BCUT2D eigenvalue weighted by atomic mass is 9.71. The molecule has 6 heteroatoms. The summed E-state index contributed by atoms with van der Waals surface area (Å²) in [4.78, 5) is 23.4. The highest BCUT2D eigenvalue weighted by Gasteiger charge is 2.34. The van der Waals surface area contributed by atoms with E-state index in [1.54, 1.807) is 0 Å². The molecule has 0 bridgehead atoms. The van der Waals surface area contributed by atoms with Crippen LogP contribution in [0.3, 0.4) is 0 Å². The van der Waals surface area contributed by atoms with E-state index in [0.717, 1.165) is 76.0 Å². The predicted octanol–water partition coefficient (Wildman–Crippen LogP) is 4.95. The number of hydrogen-bond donors (Lipinski definition) is 0. The summed E-state index contributed by atoms with van der Waals surface area (Å²) in [7, 11) is 0. The molecule has 3 fully saturated rings. The molecule has 0 aliphatic heterocycles. The maximum atomic E-state index is 12.6. The number of hydrogen-bond acceptors (Lipinski definition) is 6. The number of nitrogens with zero attached hydrogens (tertiary/aromatic N) is 1. The van der Waals surface area contributed by atoms with Gasteiger partial charge in [-0.25, -0.2) is 0 Å². The summed E-state index contributed by atoms with van der Waals surface area (Å²) < 4.78 is 16.7. The maximum absolute atomic E-state index is 12.6. The van der Waals surface area contributed by atoms with Gasteiger partial charge in [0.05, 0.1) is 31.3 Å². The van der Waals surface area contributed by atoms with Crippen molar-refractivity contribution in [3.63, 3.8) is 0 Å². The third-order valence-electron chi connectivity index (χ3n) is 7.58. The van der Waals surface area contributed by atoms with Crippen LogP contribution in [0.1, 0.15) is 90.4 Å². The van der Waals surface area contributed by atoms with Crippen LogP contribution in [0.5, 0.6) is 0 Å². The smallest absolute Gasteiger partial charge is 0.309 e. The average Bonchev–Trinajstić information content (AvgIpc) is 2.79. The Hall–Kier alpha value is -1.61. The van der Waals surface area contributed by atoms with Gasteiger partial charge in [0.15, 0.2) is 0 Å². The van der Waals surface area contributed by atoms with Crippen LogP contribution >= 0.6 is 0 Å². The zero-order valence-electron chi connectivity index (χ0n) is 19.1. The Balaban J connectivity index is 1.27. The molecule has 0 aromatic carbocycles. The summed E-state index contributed by atoms with van der Waals surface area (Å²) in [5.41, 5.74) is 0. The zero-order valence-corrected chi connectivity index (χ0v) is 19.1. The minimum atomic E-state index is -0.254. The molecule has 0 amide bonds. The molecule has 0 aromatic heterocycles. The van der Waals surface area contributed by atoms with E-state index >= 15 is 0 Å². The van der Waals surface area contributed by atoms with Gasteiger partial charge < -0.3 is 14.2 Å². The highest BCUT2D eigenvalue weighted by Crippen LogP contribution is 2.40. The molecule has 0 atom stereocenters. The summed E-state index contributed by atoms with van der Waals surface area (Å²) >= 11 is 0. The molecule has 3 saturated carbocycles. The molecular weight excluding hydrogens is 394 g/mol. The van der Waals surface area contributed by atoms with E-state index in [2.05, 4.69) is 6.07 Å². The first-order valence-electron chi connectivity index (χ1n) is 12.4. The molecule has 31 heavy (non-hydrogen) atoms. The number of ether oxygens (including phenoxy) is 3. The van der Waals surface area contributed by atoms with Gasteiger partial charge in [-0.1, -0.05) is 0 Å². The summed E-state index contributed by atoms with van der Waals surface area (Å²) in [6.07, 6.45) is 13.3. The van der Waals surface area contributed by atoms with Crippen LogP contribution in [0.25, 0.3) is 0 Å². The Morgan fingerprint density at radius 2 is 1.39 bits per heavy atom. The van der Waals surface area contributed by atoms with Crippen molar-refractivity contribution in [2.45, 2.75) is 103 Å². The van der Waals surface area contributed by atoms with E-state index in [1.807, 2.05) is 0 Å². The van der Waals surface area contributed by atoms with Crippen LogP contribution in [0.4, 0.5) is 0 Å². The van der Waals surface area contributed by atoms with Gasteiger partial charge in [0.1, 0.15) is 6.10 Å². The molecule has 174 valence electrons. The fraction of sp³-hybridized carbons (Fsp3) is 0.880. The molecule has 6 nitrogen and oxygen atoms in total. The van der Waals surface area contributed by atoms with Crippen LogP contribution in [0.2, 0.25) is 0 Å². The van der Waals surface area contributed by atoms with E-state index in [1.165, 1.54) is 19.8 Å². The van der Waals surface area contributed by atoms with E-state index in [0.29, 0.717) is 19.6 Å². The van der Waals surface area contributed by atoms with Crippen LogP contribution in [-0.2, 0) is 23.8 Å². The largest absolute Gasteiger partial charge is 0.466 e. The SMILES string of the molecule is CC(=O)OCCCOC1CCC(C(=O)OC2CCC(C3CCC(C#N)CC3)CC2)CC1. The van der Waals surface area contributed by atoms with Crippen LogP contribution in [0.15, 0.2) is 0 Å². The number of carbonyl (C=O) groups is 2. The Morgan fingerprint density at radius 3 is 1.97 bits per heavy atom. The fourth-order valence-corrected chi connectivity index (χ4v) is 5.65. The van der Waals surface area contributed by atoms with E-state index in [4.69, 9.17) is 19.5 Å². The second-order valence-electron chi connectivity index (χ2n) is 9.75. The quantitative estimate of drug-likeness (QED) is 0.398. The summed E-state index contributed by atoms with van der Waals surface area (Å²) in [6.45, 7) is 2.41. The van der Waals surface area contributed by atoms with Gasteiger partial charge in [0.2, 0.25) is 0 Å². The minimum absolute atomic E-state index is 0.00807. The number of rotatable bonds is 8. The summed E-state index contributed by atoms with van der Waals surface area (Å²) in [5.74, 6) is 1.55. The van der Waals surface area contributed by atoms with Crippen molar-refractivity contribution in [2.24, 2.45) is 23.7 Å². The normalized spacial score (nSPS) is 33.8. The first kappa shape index (κ1) is 24.0. The number of esters is 2. The highest BCUT2D eigenvalue weighted by atomic mass is 16.5. The van der Waals surface area contributed by atoms with Crippen LogP contribution in [0, 0.1) is 35.0 Å². The van der Waals surface area contributed by atoms with Crippen LogP contribution in [-0.4, -0.2) is 37.4 Å². The minimum Gasteiger partial charge on any atom is -0.466 e. The van der Waals surface area contributed by atoms with E-state index < -0.39 is 0 Å². The highest BCUT2D eigenvalue weighted by molar-refractivity contribution is 5.72. The molecule has 3 aliphatic rings. The van der Waals surface area contributed by atoms with E-state index in [9.17, 15) is 9.59 Å². The van der Waals surface area contributed by atoms with Gasteiger partial charge in [-0.2, -0.15) is 5.26 Å². The van der Waals surface area contributed by atoms with Gasteiger partial charge in [-0.05, 0) is 88.9 Å². The second kappa shape index (κ2) is 12.4. The van der Waals surface area contributed by atoms with Crippen molar-refractivity contribution in [3.05, 3.63) is 0 Å². The topological polar surface area (TPSA) is 85.6 Å². The lowest BCUT2D eigenvalue weighted by Crippen LogP contribution is -2.33. The molecule has 0 spiro atoms. The first-order valence-corrected chi connectivity index (χ1v) is 12.4. The van der Waals surface area contributed by atoms with Crippen molar-refractivity contribution < 1.29 is 23.8 Å². The second-order valence-corrected chi connectivity index (χ2v) is 9.75. The Morgan fingerprint density at radius 1 is 0.806 bits per heavy atom. The molecule has 0 saturated heterocycles. The van der Waals surface area contributed by atoms with Crippen molar-refractivity contribution in [2.75, 3.05) is 13.2 Å². The molecular formula is C25H39NO5. The molecule has 0 N–H and O–H groups in total. The molecule has 0 unspecified atom stereocenters. The molecule has 3 aliphatic carbocycles. The average molecular weight is 434 g/mol. The van der Waals surface area contributed by atoms with Crippen molar-refractivity contribution in [1.29, 1.82) is 5.26 Å². The molecule has 3 rings (SSSR count). The molecule has 0 radical (unpaired) electrons. The monoisotopic (exact) mass is 433 g/mol. The standard InChI is InChI=1S/C25H39NO5/c1-18(27)29-15-2-16-30-23-11-9-22(10-12-23)25(28)31-24-13-7-21(8-14-24)20-5-3-19(17-26)4-6-20/h19-24H,2-16H2,1H3. The van der Waals surface area contributed by atoms with Gasteiger partial charge >= 0.3 is 11.9 Å². The van der Waals surface area contributed by atoms with Gasteiger partial charge in [-0.3, -0.25) is 9.59 Å². The van der Waals surface area contributed by atoms with E-state index in [-0.39, 0.29) is 36.0 Å². The molecule has 0 heterocycles. The lowest BCUT2D eigenvalue weighted by Gasteiger charge is -2.37. The Bertz CT molecular complexity index is 606. The Kier molecular flexibility index (Phi) is 9.64. The van der Waals surface area contributed by atoms with Crippen LogP contribution < -0.4 is 0 Å². The zero-order chi connectivity index (χ0) is 22.1. The summed E-state index contributed by atoms with van der Waals surface area (Å²) in [6, 6.07) is 2.43. The first-order chi connectivity index (χ1) is 15.0. The van der Waals surface area contributed by atoms with Gasteiger partial charge in [0, 0.05) is 19.3 Å². The third kappa shape index (κ3) is 7.79. The van der Waals surface area contributed by atoms with Gasteiger partial charge in [0.25, 0.3) is 0 Å². The number of carbonyl (C=O) groups excluding carboxylic acids is 2. The summed E-state index contributed by atoms with van der Waals surface area (Å²) in [5, 5.41) is 9.08.